The molecule has 1 aliphatic rings. The summed E-state index contributed by atoms with van der Waals surface area (Å²) in [6.45, 7) is 2.12. The molecule has 2 rings (SSSR count). The second-order valence-corrected chi connectivity index (χ2v) is 3.82. The van der Waals surface area contributed by atoms with Gasteiger partial charge in [-0.2, -0.15) is 0 Å². The zero-order valence-electron chi connectivity index (χ0n) is 7.89. The van der Waals surface area contributed by atoms with Crippen molar-refractivity contribution in [3.05, 3.63) is 29.8 Å². The summed E-state index contributed by atoms with van der Waals surface area (Å²) in [5.41, 5.74) is 0.745. The summed E-state index contributed by atoms with van der Waals surface area (Å²) in [7, 11) is 0. The van der Waals surface area contributed by atoms with Gasteiger partial charge in [-0.1, -0.05) is 13.3 Å². The Morgan fingerprint density at radius 1 is 1.54 bits per heavy atom. The number of rotatable bonds is 2. The van der Waals surface area contributed by atoms with Crippen LogP contribution in [-0.2, 0) is 5.41 Å². The third kappa shape index (κ3) is 1.25. The molecule has 0 unspecified atom stereocenters. The van der Waals surface area contributed by atoms with Crippen LogP contribution >= 0.6 is 0 Å². The molecule has 0 spiro atoms. The molecular weight excluding hydrogens is 165 g/mol. The minimum atomic E-state index is -0.135. The van der Waals surface area contributed by atoms with Gasteiger partial charge in [-0.15, -0.1) is 0 Å². The maximum Gasteiger partial charge on any atom is 0.145 e. The van der Waals surface area contributed by atoms with Crippen LogP contribution in [-0.4, -0.2) is 4.98 Å². The Morgan fingerprint density at radius 2 is 2.31 bits per heavy atom. The van der Waals surface area contributed by atoms with E-state index in [0.717, 1.165) is 19.3 Å². The van der Waals surface area contributed by atoms with E-state index in [1.165, 1.54) is 12.5 Å². The van der Waals surface area contributed by atoms with Gasteiger partial charge in [0, 0.05) is 11.6 Å². The van der Waals surface area contributed by atoms with Gasteiger partial charge >= 0.3 is 0 Å². The highest BCUT2D eigenvalue weighted by Gasteiger charge is 2.39. The van der Waals surface area contributed by atoms with Gasteiger partial charge in [0.2, 0.25) is 0 Å². The quantitative estimate of drug-likeness (QED) is 0.680. The average Bonchev–Trinajstić information content (AvgIpc) is 2.07. The van der Waals surface area contributed by atoms with E-state index in [2.05, 4.69) is 11.9 Å². The summed E-state index contributed by atoms with van der Waals surface area (Å²) in [5, 5.41) is 0. The van der Waals surface area contributed by atoms with Gasteiger partial charge in [0.1, 0.15) is 5.82 Å². The Kier molecular flexibility index (Phi) is 2.06. The van der Waals surface area contributed by atoms with E-state index in [4.69, 9.17) is 0 Å². The van der Waals surface area contributed by atoms with E-state index < -0.39 is 0 Å². The van der Waals surface area contributed by atoms with Crippen molar-refractivity contribution < 1.29 is 4.39 Å². The number of hydrogen-bond donors (Lipinski definition) is 0. The largest absolute Gasteiger partial charge is 0.258 e. The number of aromatic nitrogens is 1. The summed E-state index contributed by atoms with van der Waals surface area (Å²) in [6, 6.07) is 3.17. The van der Waals surface area contributed by atoms with Gasteiger partial charge in [0.15, 0.2) is 0 Å². The van der Waals surface area contributed by atoms with Crippen LogP contribution in [0.2, 0.25) is 0 Å². The van der Waals surface area contributed by atoms with Crippen molar-refractivity contribution >= 4 is 0 Å². The fourth-order valence-corrected chi connectivity index (χ4v) is 2.14. The first-order chi connectivity index (χ1) is 6.28. The second-order valence-electron chi connectivity index (χ2n) is 3.82. The predicted molar refractivity (Wildman–Crippen MR) is 50.0 cm³/mol. The Balaban J connectivity index is 2.38. The van der Waals surface area contributed by atoms with Crippen molar-refractivity contribution in [1.82, 2.24) is 4.98 Å². The molecular formula is C11H14FN. The predicted octanol–water partition coefficient (Wildman–Crippen LogP) is 3.05. The van der Waals surface area contributed by atoms with Gasteiger partial charge in [-0.25, -0.2) is 4.39 Å². The topological polar surface area (TPSA) is 12.9 Å². The van der Waals surface area contributed by atoms with Crippen molar-refractivity contribution in [2.24, 2.45) is 0 Å². The van der Waals surface area contributed by atoms with Crippen molar-refractivity contribution in [3.63, 3.8) is 0 Å². The lowest BCUT2D eigenvalue weighted by Crippen LogP contribution is -2.35. The van der Waals surface area contributed by atoms with E-state index in [9.17, 15) is 4.39 Å². The van der Waals surface area contributed by atoms with Gasteiger partial charge < -0.3 is 0 Å². The molecule has 1 aliphatic carbocycles. The lowest BCUT2D eigenvalue weighted by Gasteiger charge is -2.40. The molecule has 13 heavy (non-hydrogen) atoms. The third-order valence-electron chi connectivity index (χ3n) is 3.25. The molecule has 1 nitrogen and oxygen atoms in total. The van der Waals surface area contributed by atoms with Crippen molar-refractivity contribution in [1.29, 1.82) is 0 Å². The normalized spacial score (nSPS) is 19.5. The summed E-state index contributed by atoms with van der Waals surface area (Å²) in [5.74, 6) is -0.135. The van der Waals surface area contributed by atoms with E-state index in [0.29, 0.717) is 5.69 Å². The Labute approximate surface area is 78.0 Å². The number of nitrogens with zero attached hydrogens (tertiary/aromatic N) is 1. The van der Waals surface area contributed by atoms with E-state index in [-0.39, 0.29) is 11.2 Å². The molecule has 1 aromatic heterocycles. The standard InChI is InChI=1S/C11H14FN/c1-2-11(6-4-7-11)10-9(12)5-3-8-13-10/h3,5,8H,2,4,6-7H2,1H3. The summed E-state index contributed by atoms with van der Waals surface area (Å²) in [6.07, 6.45) is 6.09. The molecule has 0 aromatic carbocycles. The van der Waals surface area contributed by atoms with Crippen LogP contribution in [0.4, 0.5) is 4.39 Å². The first kappa shape index (κ1) is 8.67. The van der Waals surface area contributed by atoms with Gasteiger partial charge in [0.25, 0.3) is 0 Å². The Hall–Kier alpha value is -0.920. The molecule has 0 saturated heterocycles. The smallest absolute Gasteiger partial charge is 0.145 e. The van der Waals surface area contributed by atoms with Crippen LogP contribution in [0.15, 0.2) is 18.3 Å². The summed E-state index contributed by atoms with van der Waals surface area (Å²) in [4.78, 5) is 4.17. The van der Waals surface area contributed by atoms with Crippen LogP contribution in [0.3, 0.4) is 0 Å². The minimum Gasteiger partial charge on any atom is -0.258 e. The maximum absolute atomic E-state index is 13.4. The lowest BCUT2D eigenvalue weighted by atomic mass is 9.64. The second kappa shape index (κ2) is 3.09. The number of hydrogen-bond acceptors (Lipinski definition) is 1. The van der Waals surface area contributed by atoms with E-state index in [1.54, 1.807) is 12.3 Å². The molecule has 1 fully saturated rings. The van der Waals surface area contributed by atoms with E-state index in [1.807, 2.05) is 0 Å². The molecule has 0 N–H and O–H groups in total. The van der Waals surface area contributed by atoms with Crippen LogP contribution in [0.25, 0.3) is 0 Å². The molecule has 1 aromatic rings. The number of pyridine rings is 1. The highest BCUT2D eigenvalue weighted by atomic mass is 19.1. The van der Waals surface area contributed by atoms with Gasteiger partial charge in [-0.05, 0) is 31.4 Å². The zero-order valence-corrected chi connectivity index (χ0v) is 7.89. The van der Waals surface area contributed by atoms with Crippen molar-refractivity contribution in [3.8, 4) is 0 Å². The highest BCUT2D eigenvalue weighted by Crippen LogP contribution is 2.46. The highest BCUT2D eigenvalue weighted by molar-refractivity contribution is 5.21. The average molecular weight is 179 g/mol. The zero-order chi connectivity index (χ0) is 9.31. The van der Waals surface area contributed by atoms with Gasteiger partial charge in [0.05, 0.1) is 5.69 Å². The first-order valence-electron chi connectivity index (χ1n) is 4.89. The summed E-state index contributed by atoms with van der Waals surface area (Å²) < 4.78 is 13.4. The molecule has 0 amide bonds. The Bertz CT molecular complexity index is 299. The van der Waals surface area contributed by atoms with Crippen LogP contribution in [0.1, 0.15) is 38.3 Å². The number of halogens is 1. The molecule has 0 radical (unpaired) electrons. The maximum atomic E-state index is 13.4. The fraction of sp³-hybridized carbons (Fsp3) is 0.545. The Morgan fingerprint density at radius 3 is 2.77 bits per heavy atom. The van der Waals surface area contributed by atoms with E-state index >= 15 is 0 Å². The molecule has 1 heterocycles. The monoisotopic (exact) mass is 179 g/mol. The molecule has 0 atom stereocenters. The van der Waals surface area contributed by atoms with Crippen LogP contribution < -0.4 is 0 Å². The van der Waals surface area contributed by atoms with Gasteiger partial charge in [-0.3, -0.25) is 4.98 Å². The molecule has 0 aliphatic heterocycles. The summed E-state index contributed by atoms with van der Waals surface area (Å²) >= 11 is 0. The molecule has 2 heteroatoms. The first-order valence-corrected chi connectivity index (χ1v) is 4.89. The molecule has 1 saturated carbocycles. The lowest BCUT2D eigenvalue weighted by molar-refractivity contribution is 0.219. The molecule has 70 valence electrons. The minimum absolute atomic E-state index is 0.0609. The van der Waals surface area contributed by atoms with Crippen molar-refractivity contribution in [2.75, 3.05) is 0 Å². The fourth-order valence-electron chi connectivity index (χ4n) is 2.14. The molecule has 0 bridgehead atoms. The SMILES string of the molecule is CCC1(c2ncccc2F)CCC1. The van der Waals surface area contributed by atoms with Crippen molar-refractivity contribution in [2.45, 2.75) is 38.0 Å². The third-order valence-corrected chi connectivity index (χ3v) is 3.25. The van der Waals surface area contributed by atoms with Crippen LogP contribution in [0, 0.1) is 5.82 Å². The van der Waals surface area contributed by atoms with Crippen LogP contribution in [0.5, 0.6) is 0 Å².